The molecule has 0 fully saturated rings. The Bertz CT molecular complexity index is 937. The van der Waals surface area contributed by atoms with E-state index in [0.29, 0.717) is 22.8 Å². The highest BCUT2D eigenvalue weighted by molar-refractivity contribution is 7.18. The molecule has 0 aliphatic heterocycles. The van der Waals surface area contributed by atoms with E-state index in [4.69, 9.17) is 14.2 Å². The number of carbonyl (C=O) groups excluding carboxylic acids is 1. The lowest BCUT2D eigenvalue weighted by Gasteiger charge is -2.24. The van der Waals surface area contributed by atoms with Crippen LogP contribution in [0.2, 0.25) is 0 Å². The minimum Gasteiger partial charge on any atom is -0.496 e. The summed E-state index contributed by atoms with van der Waals surface area (Å²) in [5.74, 6) is 1.23. The molecule has 142 valence electrons. The van der Waals surface area contributed by atoms with Gasteiger partial charge in [0.25, 0.3) is 5.91 Å². The molecule has 0 saturated carbocycles. The van der Waals surface area contributed by atoms with Crippen molar-refractivity contribution < 1.29 is 19.0 Å². The number of methoxy groups -OCH3 is 3. The molecule has 7 heteroatoms. The number of hydrogen-bond donors (Lipinski definition) is 0. The van der Waals surface area contributed by atoms with Gasteiger partial charge >= 0.3 is 0 Å². The van der Waals surface area contributed by atoms with Crippen LogP contribution in [-0.2, 0) is 0 Å². The first-order valence-corrected chi connectivity index (χ1v) is 9.24. The van der Waals surface area contributed by atoms with Crippen LogP contribution in [0.3, 0.4) is 0 Å². The van der Waals surface area contributed by atoms with Crippen molar-refractivity contribution in [2.75, 3.05) is 28.4 Å². The summed E-state index contributed by atoms with van der Waals surface area (Å²) in [5.41, 5.74) is 1.35. The summed E-state index contributed by atoms with van der Waals surface area (Å²) in [4.78, 5) is 19.5. The molecule has 0 aliphatic carbocycles. The average molecular weight is 386 g/mol. The van der Waals surface area contributed by atoms with Crippen LogP contribution in [0, 0.1) is 0 Å². The highest BCUT2D eigenvalue weighted by atomic mass is 32.1. The van der Waals surface area contributed by atoms with Crippen molar-refractivity contribution in [3.8, 4) is 17.2 Å². The van der Waals surface area contributed by atoms with Crippen LogP contribution in [0.1, 0.15) is 28.3 Å². The van der Waals surface area contributed by atoms with Gasteiger partial charge < -0.3 is 19.1 Å². The van der Waals surface area contributed by atoms with Crippen molar-refractivity contribution in [1.82, 2.24) is 9.88 Å². The van der Waals surface area contributed by atoms with Gasteiger partial charge in [0.2, 0.25) is 0 Å². The van der Waals surface area contributed by atoms with Crippen LogP contribution < -0.4 is 14.2 Å². The third-order valence-electron chi connectivity index (χ3n) is 4.51. The van der Waals surface area contributed by atoms with Gasteiger partial charge in [-0.3, -0.25) is 4.79 Å². The predicted molar refractivity (Wildman–Crippen MR) is 106 cm³/mol. The quantitative estimate of drug-likeness (QED) is 0.637. The molecular weight excluding hydrogens is 364 g/mol. The fourth-order valence-corrected chi connectivity index (χ4v) is 3.86. The second kappa shape index (κ2) is 7.84. The van der Waals surface area contributed by atoms with Crippen LogP contribution >= 0.6 is 11.3 Å². The summed E-state index contributed by atoms with van der Waals surface area (Å²) < 4.78 is 17.1. The number of amides is 1. The lowest BCUT2D eigenvalue weighted by molar-refractivity contribution is 0.0738. The number of ether oxygens (including phenoxy) is 3. The first kappa shape index (κ1) is 19.0. The van der Waals surface area contributed by atoms with Crippen LogP contribution in [-0.4, -0.2) is 44.2 Å². The minimum atomic E-state index is -0.187. The number of benzene rings is 2. The van der Waals surface area contributed by atoms with Crippen molar-refractivity contribution in [2.24, 2.45) is 0 Å². The van der Waals surface area contributed by atoms with E-state index in [1.54, 1.807) is 42.5 Å². The summed E-state index contributed by atoms with van der Waals surface area (Å²) >= 11 is 1.59. The van der Waals surface area contributed by atoms with Crippen molar-refractivity contribution in [3.63, 3.8) is 0 Å². The Morgan fingerprint density at radius 2 is 1.67 bits per heavy atom. The van der Waals surface area contributed by atoms with E-state index in [9.17, 15) is 4.79 Å². The fraction of sp³-hybridized carbons (Fsp3) is 0.300. The summed E-state index contributed by atoms with van der Waals surface area (Å²) in [5, 5.41) is 0.881. The summed E-state index contributed by atoms with van der Waals surface area (Å²) in [6.45, 7) is 1.96. The largest absolute Gasteiger partial charge is 0.496 e. The number of aromatic nitrogens is 1. The van der Waals surface area contributed by atoms with Crippen molar-refractivity contribution >= 4 is 27.5 Å². The van der Waals surface area contributed by atoms with E-state index in [-0.39, 0.29) is 11.9 Å². The van der Waals surface area contributed by atoms with Gasteiger partial charge in [0.15, 0.2) is 11.5 Å². The number of hydrogen-bond acceptors (Lipinski definition) is 6. The summed E-state index contributed by atoms with van der Waals surface area (Å²) in [6.07, 6.45) is 0. The topological polar surface area (TPSA) is 60.9 Å². The van der Waals surface area contributed by atoms with Gasteiger partial charge in [0, 0.05) is 19.2 Å². The van der Waals surface area contributed by atoms with Gasteiger partial charge in [0.1, 0.15) is 10.8 Å². The number of nitrogens with zero attached hydrogens (tertiary/aromatic N) is 2. The van der Waals surface area contributed by atoms with Crippen LogP contribution in [0.5, 0.6) is 17.2 Å². The minimum absolute atomic E-state index is 0.181. The Labute approximate surface area is 162 Å². The number of para-hydroxylation sites is 1. The second-order valence-electron chi connectivity index (χ2n) is 6.02. The third-order valence-corrected chi connectivity index (χ3v) is 5.71. The Hall–Kier alpha value is -2.80. The monoisotopic (exact) mass is 386 g/mol. The van der Waals surface area contributed by atoms with Gasteiger partial charge in [-0.05, 0) is 19.1 Å². The molecule has 27 heavy (non-hydrogen) atoms. The lowest BCUT2D eigenvalue weighted by atomic mass is 10.1. The Kier molecular flexibility index (Phi) is 5.51. The van der Waals surface area contributed by atoms with Crippen molar-refractivity contribution in [1.29, 1.82) is 0 Å². The smallest absolute Gasteiger partial charge is 0.258 e. The van der Waals surface area contributed by atoms with Crippen molar-refractivity contribution in [3.05, 3.63) is 47.0 Å². The molecule has 0 unspecified atom stereocenters. The van der Waals surface area contributed by atoms with Crippen LogP contribution in [0.25, 0.3) is 10.2 Å². The first-order chi connectivity index (χ1) is 13.0. The second-order valence-corrected chi connectivity index (χ2v) is 7.08. The molecule has 0 aliphatic rings. The predicted octanol–water partition coefficient (Wildman–Crippen LogP) is 4.16. The normalized spacial score (nSPS) is 11.9. The Morgan fingerprint density at radius 1 is 1.04 bits per heavy atom. The molecule has 2 aromatic carbocycles. The molecule has 0 radical (unpaired) electrons. The van der Waals surface area contributed by atoms with Gasteiger partial charge in [0.05, 0.1) is 43.2 Å². The molecule has 0 spiro atoms. The molecule has 0 bridgehead atoms. The third kappa shape index (κ3) is 3.55. The standard InChI is InChI=1S/C20H22N2O4S/c1-12(19-21-14-8-6-7-9-18(14)27-19)22(2)20(23)13-10-16(25-4)17(26-5)11-15(13)24-3/h6-12H,1-5H3/t12-/m1/s1. The highest BCUT2D eigenvalue weighted by Gasteiger charge is 2.25. The maximum Gasteiger partial charge on any atom is 0.258 e. The maximum absolute atomic E-state index is 13.1. The lowest BCUT2D eigenvalue weighted by Crippen LogP contribution is -2.30. The Morgan fingerprint density at radius 3 is 2.30 bits per heavy atom. The fourth-order valence-electron chi connectivity index (χ4n) is 2.80. The molecular formula is C20H22N2O4S. The molecule has 1 atom stereocenters. The molecule has 3 aromatic rings. The van der Waals surface area contributed by atoms with Crippen molar-refractivity contribution in [2.45, 2.75) is 13.0 Å². The number of fused-ring (bicyclic) bond motifs is 1. The zero-order valence-corrected chi connectivity index (χ0v) is 16.8. The Balaban J connectivity index is 1.94. The number of thiazole rings is 1. The highest BCUT2D eigenvalue weighted by Crippen LogP contribution is 2.36. The van der Waals surface area contributed by atoms with Gasteiger partial charge in [-0.25, -0.2) is 4.98 Å². The summed E-state index contributed by atoms with van der Waals surface area (Å²) in [7, 11) is 6.36. The molecule has 3 rings (SSSR count). The molecule has 1 amide bonds. The van der Waals surface area contributed by atoms with Gasteiger partial charge in [-0.2, -0.15) is 0 Å². The van der Waals surface area contributed by atoms with E-state index in [1.807, 2.05) is 31.2 Å². The van der Waals surface area contributed by atoms with E-state index >= 15 is 0 Å². The molecule has 0 saturated heterocycles. The van der Waals surface area contributed by atoms with E-state index in [1.165, 1.54) is 14.2 Å². The van der Waals surface area contributed by atoms with E-state index in [0.717, 1.165) is 15.2 Å². The molecule has 1 heterocycles. The van der Waals surface area contributed by atoms with Gasteiger partial charge in [-0.1, -0.05) is 12.1 Å². The number of rotatable bonds is 6. The summed E-state index contributed by atoms with van der Waals surface area (Å²) in [6, 6.07) is 11.1. The van der Waals surface area contributed by atoms with Crippen LogP contribution in [0.15, 0.2) is 36.4 Å². The van der Waals surface area contributed by atoms with Gasteiger partial charge in [-0.15, -0.1) is 11.3 Å². The zero-order valence-electron chi connectivity index (χ0n) is 16.0. The number of carbonyl (C=O) groups is 1. The SMILES string of the molecule is COc1cc(OC)c(C(=O)N(C)[C@H](C)c2nc3ccccc3s2)cc1OC. The average Bonchev–Trinajstić information content (AvgIpc) is 3.15. The van der Waals surface area contributed by atoms with E-state index in [2.05, 4.69) is 4.98 Å². The van der Waals surface area contributed by atoms with Crippen LogP contribution in [0.4, 0.5) is 0 Å². The molecule has 0 N–H and O–H groups in total. The first-order valence-electron chi connectivity index (χ1n) is 8.42. The molecule has 1 aromatic heterocycles. The van der Waals surface area contributed by atoms with E-state index < -0.39 is 0 Å². The molecule has 6 nitrogen and oxygen atoms in total. The zero-order chi connectivity index (χ0) is 19.6. The maximum atomic E-state index is 13.1.